The Morgan fingerprint density at radius 1 is 0.327 bits per heavy atom. The second-order valence-electron chi connectivity index (χ2n) is 13.0. The monoisotopic (exact) mass is 664 g/mol. The van der Waals surface area contributed by atoms with E-state index >= 15 is 0 Å². The topological polar surface area (TPSA) is 35.6 Å². The molecule has 0 unspecified atom stereocenters. The largest absolute Gasteiger partial charge is 0.309 e. The van der Waals surface area contributed by atoms with Crippen LogP contribution in [0.2, 0.25) is 0 Å². The minimum absolute atomic E-state index is 0.625. The highest BCUT2D eigenvalue weighted by Gasteiger charge is 2.24. The smallest absolute Gasteiger partial charge is 0.235 e. The molecular formula is C48H32N4. The van der Waals surface area contributed by atoms with E-state index < -0.39 is 0 Å². The number of rotatable bonds is 6. The van der Waals surface area contributed by atoms with Gasteiger partial charge in [-0.2, -0.15) is 0 Å². The summed E-state index contributed by atoms with van der Waals surface area (Å²) in [6, 6.07) is 68.4. The van der Waals surface area contributed by atoms with E-state index in [1.165, 1.54) is 21.8 Å². The van der Waals surface area contributed by atoms with Gasteiger partial charge < -0.3 is 4.57 Å². The van der Waals surface area contributed by atoms with Gasteiger partial charge in [-0.05, 0) is 47.5 Å². The Hall–Kier alpha value is -7.04. The SMILES string of the molecule is c1ccc(-c2cc(-c3ccccc3)nc(-n3c(-c4ccc(-n5c6ccccc6c6ccccc65)cc4)c(-c4ccccc4)c4ccccc43)n2)cc1. The highest BCUT2D eigenvalue weighted by atomic mass is 15.2. The van der Waals surface area contributed by atoms with Crippen LogP contribution in [0.5, 0.6) is 0 Å². The second kappa shape index (κ2) is 12.4. The first-order valence-electron chi connectivity index (χ1n) is 17.6. The maximum absolute atomic E-state index is 5.32. The lowest BCUT2D eigenvalue weighted by molar-refractivity contribution is 0.975. The van der Waals surface area contributed by atoms with Crippen molar-refractivity contribution in [3.05, 3.63) is 194 Å². The molecule has 4 nitrogen and oxygen atoms in total. The third-order valence-corrected chi connectivity index (χ3v) is 9.97. The first-order chi connectivity index (χ1) is 25.8. The molecule has 3 heterocycles. The normalized spacial score (nSPS) is 11.5. The van der Waals surface area contributed by atoms with Gasteiger partial charge in [-0.1, -0.05) is 158 Å². The highest BCUT2D eigenvalue weighted by Crippen LogP contribution is 2.43. The summed E-state index contributed by atoms with van der Waals surface area (Å²) in [4.78, 5) is 10.6. The fourth-order valence-corrected chi connectivity index (χ4v) is 7.64. The van der Waals surface area contributed by atoms with Crippen molar-refractivity contribution in [3.63, 3.8) is 0 Å². The van der Waals surface area contributed by atoms with Gasteiger partial charge in [0, 0.05) is 38.5 Å². The van der Waals surface area contributed by atoms with Crippen LogP contribution in [0.3, 0.4) is 0 Å². The van der Waals surface area contributed by atoms with Crippen molar-refractivity contribution in [2.75, 3.05) is 0 Å². The molecule has 0 saturated carbocycles. The standard InChI is InChI=1S/C48H32N4/c1-4-16-33(17-5-1)41-32-42(34-18-6-2-7-19-34)50-48(49-41)52-45-27-15-12-24-40(45)46(35-20-8-3-9-21-35)47(52)36-28-30-37(31-29-36)51-43-25-13-10-22-38(43)39-23-11-14-26-44(39)51/h1-32H. The Kier molecular flexibility index (Phi) is 7.10. The van der Waals surface area contributed by atoms with Crippen LogP contribution >= 0.6 is 0 Å². The number of hydrogen-bond acceptors (Lipinski definition) is 2. The molecule has 0 aliphatic heterocycles. The van der Waals surface area contributed by atoms with Gasteiger partial charge in [0.25, 0.3) is 0 Å². The summed E-state index contributed by atoms with van der Waals surface area (Å²) in [7, 11) is 0. The van der Waals surface area contributed by atoms with Crippen LogP contribution in [0.1, 0.15) is 0 Å². The molecule has 0 saturated heterocycles. The molecule has 0 atom stereocenters. The molecule has 244 valence electrons. The van der Waals surface area contributed by atoms with E-state index in [-0.39, 0.29) is 0 Å². The molecule has 10 aromatic rings. The molecule has 0 bridgehead atoms. The van der Waals surface area contributed by atoms with Crippen molar-refractivity contribution >= 4 is 32.7 Å². The molecule has 0 N–H and O–H groups in total. The lowest BCUT2D eigenvalue weighted by Gasteiger charge is -2.15. The number of fused-ring (bicyclic) bond motifs is 4. The lowest BCUT2D eigenvalue weighted by atomic mass is 9.98. The third kappa shape index (κ3) is 4.92. The third-order valence-electron chi connectivity index (χ3n) is 9.97. The van der Waals surface area contributed by atoms with E-state index in [2.05, 4.69) is 191 Å². The van der Waals surface area contributed by atoms with Gasteiger partial charge in [-0.3, -0.25) is 4.57 Å². The fourth-order valence-electron chi connectivity index (χ4n) is 7.64. The van der Waals surface area contributed by atoms with Crippen LogP contribution in [0, 0.1) is 0 Å². The first-order valence-corrected chi connectivity index (χ1v) is 17.6. The van der Waals surface area contributed by atoms with E-state index in [1.807, 2.05) is 12.1 Å². The average molecular weight is 665 g/mol. The summed E-state index contributed by atoms with van der Waals surface area (Å²) < 4.78 is 4.62. The molecule has 3 aromatic heterocycles. The number of para-hydroxylation sites is 3. The van der Waals surface area contributed by atoms with Crippen LogP contribution in [-0.4, -0.2) is 19.1 Å². The summed E-state index contributed by atoms with van der Waals surface area (Å²) >= 11 is 0. The zero-order valence-corrected chi connectivity index (χ0v) is 28.3. The lowest BCUT2D eigenvalue weighted by Crippen LogP contribution is -2.06. The van der Waals surface area contributed by atoms with Gasteiger partial charge in [-0.15, -0.1) is 0 Å². The van der Waals surface area contributed by atoms with Crippen LogP contribution in [0.25, 0.3) is 89.2 Å². The van der Waals surface area contributed by atoms with Crippen molar-refractivity contribution in [3.8, 4) is 56.5 Å². The second-order valence-corrected chi connectivity index (χ2v) is 13.0. The van der Waals surface area contributed by atoms with Crippen molar-refractivity contribution in [2.24, 2.45) is 0 Å². The zero-order valence-electron chi connectivity index (χ0n) is 28.3. The van der Waals surface area contributed by atoms with Gasteiger partial charge >= 0.3 is 0 Å². The highest BCUT2D eigenvalue weighted by molar-refractivity contribution is 6.09. The molecule has 4 heteroatoms. The number of hydrogen-bond donors (Lipinski definition) is 0. The molecule has 52 heavy (non-hydrogen) atoms. The summed E-state index contributed by atoms with van der Waals surface area (Å²) in [6.07, 6.45) is 0. The Labute approximate surface area is 301 Å². The fraction of sp³-hybridized carbons (Fsp3) is 0. The zero-order chi connectivity index (χ0) is 34.4. The predicted octanol–water partition coefficient (Wildman–Crippen LogP) is 12.2. The summed E-state index contributed by atoms with van der Waals surface area (Å²) in [6.45, 7) is 0. The van der Waals surface area contributed by atoms with Gasteiger partial charge in [-0.25, -0.2) is 9.97 Å². The summed E-state index contributed by atoms with van der Waals surface area (Å²) in [5.74, 6) is 0.625. The van der Waals surface area contributed by atoms with Crippen molar-refractivity contribution in [1.82, 2.24) is 19.1 Å². The molecule has 0 aliphatic rings. The molecule has 0 radical (unpaired) electrons. The Bertz CT molecular complexity index is 2760. The summed E-state index contributed by atoms with van der Waals surface area (Å²) in [5.41, 5.74) is 12.8. The molecule has 10 rings (SSSR count). The number of nitrogens with zero attached hydrogens (tertiary/aromatic N) is 4. The summed E-state index contributed by atoms with van der Waals surface area (Å²) in [5, 5.41) is 3.64. The van der Waals surface area contributed by atoms with Crippen LogP contribution in [0.15, 0.2) is 194 Å². The maximum atomic E-state index is 5.32. The van der Waals surface area contributed by atoms with E-state index in [0.29, 0.717) is 5.95 Å². The van der Waals surface area contributed by atoms with Crippen molar-refractivity contribution < 1.29 is 0 Å². The molecule has 7 aromatic carbocycles. The Balaban J connectivity index is 1.25. The quantitative estimate of drug-likeness (QED) is 0.177. The number of benzene rings is 7. The predicted molar refractivity (Wildman–Crippen MR) is 215 cm³/mol. The van der Waals surface area contributed by atoms with Gasteiger partial charge in [0.2, 0.25) is 5.95 Å². The van der Waals surface area contributed by atoms with Gasteiger partial charge in [0.15, 0.2) is 0 Å². The molecule has 0 fully saturated rings. The van der Waals surface area contributed by atoms with Crippen molar-refractivity contribution in [1.29, 1.82) is 0 Å². The van der Waals surface area contributed by atoms with E-state index in [1.54, 1.807) is 0 Å². The van der Waals surface area contributed by atoms with Gasteiger partial charge in [0.05, 0.1) is 33.6 Å². The van der Waals surface area contributed by atoms with E-state index in [0.717, 1.165) is 61.5 Å². The van der Waals surface area contributed by atoms with Crippen LogP contribution in [-0.2, 0) is 0 Å². The van der Waals surface area contributed by atoms with E-state index in [9.17, 15) is 0 Å². The molecule has 0 aliphatic carbocycles. The van der Waals surface area contributed by atoms with Crippen molar-refractivity contribution in [2.45, 2.75) is 0 Å². The Morgan fingerprint density at radius 3 is 1.27 bits per heavy atom. The molecule has 0 spiro atoms. The first kappa shape index (κ1) is 29.8. The average Bonchev–Trinajstić information content (AvgIpc) is 3.75. The maximum Gasteiger partial charge on any atom is 0.235 e. The minimum Gasteiger partial charge on any atom is -0.309 e. The number of aromatic nitrogens is 4. The molecular weight excluding hydrogens is 633 g/mol. The Morgan fingerprint density at radius 2 is 0.750 bits per heavy atom. The van der Waals surface area contributed by atoms with Crippen LogP contribution < -0.4 is 0 Å². The molecule has 0 amide bonds. The van der Waals surface area contributed by atoms with Crippen LogP contribution in [0.4, 0.5) is 0 Å². The van der Waals surface area contributed by atoms with E-state index in [4.69, 9.17) is 9.97 Å². The minimum atomic E-state index is 0.625. The van der Waals surface area contributed by atoms with Gasteiger partial charge in [0.1, 0.15) is 0 Å².